The van der Waals surface area contributed by atoms with Gasteiger partial charge in [0.15, 0.2) is 0 Å². The van der Waals surface area contributed by atoms with Gasteiger partial charge in [-0.05, 0) is 50.7 Å². The summed E-state index contributed by atoms with van der Waals surface area (Å²) >= 11 is 0. The van der Waals surface area contributed by atoms with Gasteiger partial charge in [-0.3, -0.25) is 0 Å². The normalized spacial score (nSPS) is 25.0. The van der Waals surface area contributed by atoms with Crippen molar-refractivity contribution in [1.29, 1.82) is 0 Å². The molecule has 2 atom stereocenters. The van der Waals surface area contributed by atoms with Crippen LogP contribution in [0.25, 0.3) is 5.69 Å². The van der Waals surface area contributed by atoms with Crippen molar-refractivity contribution in [3.8, 4) is 5.69 Å². The number of rotatable bonds is 5. The molecule has 1 saturated heterocycles. The van der Waals surface area contributed by atoms with Crippen LogP contribution >= 0.6 is 0 Å². The van der Waals surface area contributed by atoms with Crippen LogP contribution in [0.2, 0.25) is 0 Å². The third kappa shape index (κ3) is 3.43. The Kier molecular flexibility index (Phi) is 5.11. The van der Waals surface area contributed by atoms with Gasteiger partial charge in [0, 0.05) is 43.5 Å². The van der Waals surface area contributed by atoms with E-state index in [4.69, 9.17) is 4.74 Å². The number of aliphatic hydroxyl groups excluding tert-OH is 1. The lowest BCUT2D eigenvalue weighted by molar-refractivity contribution is -0.0557. The number of aryl methyl sites for hydroxylation is 1. The fraction of sp³-hybridized carbons (Fsp3) is 0.571. The minimum absolute atomic E-state index is 0.110. The van der Waals surface area contributed by atoms with Gasteiger partial charge in [0.2, 0.25) is 0 Å². The van der Waals surface area contributed by atoms with E-state index in [1.165, 1.54) is 5.56 Å². The minimum atomic E-state index is -0.202. The predicted octanol–water partition coefficient (Wildman–Crippen LogP) is 2.84. The lowest BCUT2D eigenvalue weighted by Gasteiger charge is -2.37. The van der Waals surface area contributed by atoms with Crippen molar-refractivity contribution < 1.29 is 9.84 Å². The van der Waals surface area contributed by atoms with Crippen LogP contribution in [0.4, 0.5) is 0 Å². The maximum atomic E-state index is 10.9. The van der Waals surface area contributed by atoms with Crippen LogP contribution in [-0.4, -0.2) is 40.7 Å². The fourth-order valence-electron chi connectivity index (χ4n) is 4.59. The quantitative estimate of drug-likeness (QED) is 0.866. The van der Waals surface area contributed by atoms with Gasteiger partial charge in [0.25, 0.3) is 0 Å². The zero-order chi connectivity index (χ0) is 18.0. The lowest BCUT2D eigenvalue weighted by Crippen LogP contribution is -2.40. The van der Waals surface area contributed by atoms with E-state index in [2.05, 4.69) is 35.7 Å². The Morgan fingerprint density at radius 1 is 1.23 bits per heavy atom. The molecular formula is C21H29N3O2. The zero-order valence-electron chi connectivity index (χ0n) is 15.5. The standard InChI is InChI=1S/C21H29N3O2/c1-16-18(15-24(23-16)19-5-3-2-4-6-19)14-22-13-17-7-8-21(20(17)25)9-11-26-12-10-21/h2-6,15,17,20,22,25H,7-14H2,1H3. The number of ether oxygens (including phenoxy) is 1. The molecule has 140 valence electrons. The Bertz CT molecular complexity index is 722. The second-order valence-electron chi connectivity index (χ2n) is 7.87. The molecule has 5 nitrogen and oxygen atoms in total. The van der Waals surface area contributed by atoms with Crippen LogP contribution in [0, 0.1) is 18.3 Å². The molecule has 1 saturated carbocycles. The summed E-state index contributed by atoms with van der Waals surface area (Å²) in [6, 6.07) is 10.2. The van der Waals surface area contributed by atoms with E-state index >= 15 is 0 Å². The first kappa shape index (κ1) is 17.7. The molecule has 2 N–H and O–H groups in total. The van der Waals surface area contributed by atoms with Crippen molar-refractivity contribution in [3.63, 3.8) is 0 Å². The number of nitrogens with zero attached hydrogens (tertiary/aromatic N) is 2. The number of hydrogen-bond donors (Lipinski definition) is 2. The Morgan fingerprint density at radius 2 is 2.00 bits per heavy atom. The van der Waals surface area contributed by atoms with Crippen LogP contribution in [0.1, 0.15) is 36.9 Å². The van der Waals surface area contributed by atoms with Crippen LogP contribution in [0.15, 0.2) is 36.5 Å². The first-order chi connectivity index (χ1) is 12.7. The largest absolute Gasteiger partial charge is 0.392 e. The number of para-hydroxylation sites is 1. The van der Waals surface area contributed by atoms with Crippen molar-refractivity contribution in [3.05, 3.63) is 47.8 Å². The molecule has 4 rings (SSSR count). The van der Waals surface area contributed by atoms with Crippen LogP contribution in [0.3, 0.4) is 0 Å². The van der Waals surface area contributed by atoms with E-state index < -0.39 is 0 Å². The summed E-state index contributed by atoms with van der Waals surface area (Å²) in [6.45, 7) is 5.31. The van der Waals surface area contributed by atoms with E-state index in [0.717, 1.165) is 63.4 Å². The van der Waals surface area contributed by atoms with Crippen molar-refractivity contribution >= 4 is 0 Å². The first-order valence-electron chi connectivity index (χ1n) is 9.75. The predicted molar refractivity (Wildman–Crippen MR) is 101 cm³/mol. The molecule has 1 aromatic heterocycles. The SMILES string of the molecule is Cc1nn(-c2ccccc2)cc1CNCC1CCC2(CCOCC2)C1O. The number of nitrogens with one attached hydrogen (secondary N) is 1. The molecular weight excluding hydrogens is 326 g/mol. The molecule has 0 bridgehead atoms. The van der Waals surface area contributed by atoms with E-state index in [-0.39, 0.29) is 11.5 Å². The molecule has 26 heavy (non-hydrogen) atoms. The van der Waals surface area contributed by atoms with Crippen molar-refractivity contribution in [2.75, 3.05) is 19.8 Å². The second kappa shape index (κ2) is 7.51. The summed E-state index contributed by atoms with van der Waals surface area (Å²) in [6.07, 6.45) is 6.15. The molecule has 2 aliphatic rings. The number of hydrogen-bond acceptors (Lipinski definition) is 4. The average molecular weight is 355 g/mol. The molecule has 1 spiro atoms. The van der Waals surface area contributed by atoms with E-state index in [1.54, 1.807) is 0 Å². The van der Waals surface area contributed by atoms with E-state index in [9.17, 15) is 5.11 Å². The summed E-state index contributed by atoms with van der Waals surface area (Å²) in [5.41, 5.74) is 3.45. The smallest absolute Gasteiger partial charge is 0.0645 e. The molecule has 0 amide bonds. The molecule has 2 aromatic rings. The number of aromatic nitrogens is 2. The molecule has 2 heterocycles. The Labute approximate surface area is 155 Å². The lowest BCUT2D eigenvalue weighted by atomic mass is 9.76. The minimum Gasteiger partial charge on any atom is -0.392 e. The first-order valence-corrected chi connectivity index (χ1v) is 9.75. The zero-order valence-corrected chi connectivity index (χ0v) is 15.5. The highest BCUT2D eigenvalue weighted by Gasteiger charge is 2.47. The van der Waals surface area contributed by atoms with Gasteiger partial charge in [-0.2, -0.15) is 5.10 Å². The van der Waals surface area contributed by atoms with Crippen molar-refractivity contribution in [1.82, 2.24) is 15.1 Å². The third-order valence-corrected chi connectivity index (χ3v) is 6.32. The van der Waals surface area contributed by atoms with Crippen LogP contribution in [-0.2, 0) is 11.3 Å². The molecule has 1 aliphatic carbocycles. The van der Waals surface area contributed by atoms with Gasteiger partial charge < -0.3 is 15.2 Å². The molecule has 1 aromatic carbocycles. The topological polar surface area (TPSA) is 59.3 Å². The van der Waals surface area contributed by atoms with E-state index in [1.807, 2.05) is 22.9 Å². The van der Waals surface area contributed by atoms with Crippen molar-refractivity contribution in [2.45, 2.75) is 45.3 Å². The summed E-state index contributed by atoms with van der Waals surface area (Å²) in [5.74, 6) is 0.345. The molecule has 0 radical (unpaired) electrons. The number of benzene rings is 1. The monoisotopic (exact) mass is 355 g/mol. The average Bonchev–Trinajstić information content (AvgIpc) is 3.19. The summed E-state index contributed by atoms with van der Waals surface area (Å²) in [5, 5.41) is 19.0. The van der Waals surface area contributed by atoms with Crippen LogP contribution in [0.5, 0.6) is 0 Å². The summed E-state index contributed by atoms with van der Waals surface area (Å²) in [7, 11) is 0. The maximum absolute atomic E-state index is 10.9. The highest BCUT2D eigenvalue weighted by molar-refractivity contribution is 5.32. The second-order valence-corrected chi connectivity index (χ2v) is 7.87. The maximum Gasteiger partial charge on any atom is 0.0645 e. The number of aliphatic hydroxyl groups is 1. The highest BCUT2D eigenvalue weighted by Crippen LogP contribution is 2.48. The molecule has 1 aliphatic heterocycles. The Morgan fingerprint density at radius 3 is 2.77 bits per heavy atom. The summed E-state index contributed by atoms with van der Waals surface area (Å²) in [4.78, 5) is 0. The molecule has 2 fully saturated rings. The van der Waals surface area contributed by atoms with Gasteiger partial charge in [-0.25, -0.2) is 4.68 Å². The van der Waals surface area contributed by atoms with Gasteiger partial charge in [0.1, 0.15) is 0 Å². The van der Waals surface area contributed by atoms with Gasteiger partial charge in [-0.1, -0.05) is 18.2 Å². The van der Waals surface area contributed by atoms with Gasteiger partial charge in [0.05, 0.1) is 17.5 Å². The molecule has 5 heteroatoms. The van der Waals surface area contributed by atoms with Crippen LogP contribution < -0.4 is 5.32 Å². The molecule has 2 unspecified atom stereocenters. The third-order valence-electron chi connectivity index (χ3n) is 6.32. The Balaban J connectivity index is 1.33. The fourth-order valence-corrected chi connectivity index (χ4v) is 4.59. The van der Waals surface area contributed by atoms with Crippen molar-refractivity contribution in [2.24, 2.45) is 11.3 Å². The Hall–Kier alpha value is -1.69. The highest BCUT2D eigenvalue weighted by atomic mass is 16.5. The summed E-state index contributed by atoms with van der Waals surface area (Å²) < 4.78 is 7.43. The van der Waals surface area contributed by atoms with E-state index in [0.29, 0.717) is 5.92 Å². The van der Waals surface area contributed by atoms with Gasteiger partial charge >= 0.3 is 0 Å². The van der Waals surface area contributed by atoms with Gasteiger partial charge in [-0.15, -0.1) is 0 Å².